The molecule has 0 saturated carbocycles. The van der Waals surface area contributed by atoms with Crippen LogP contribution in [-0.2, 0) is 17.8 Å². The van der Waals surface area contributed by atoms with Gasteiger partial charge in [0.15, 0.2) is 0 Å². The highest BCUT2D eigenvalue weighted by Gasteiger charge is 2.09. The molecule has 0 aliphatic heterocycles. The molecular formula is C17H18N2OS. The van der Waals surface area contributed by atoms with Crippen LogP contribution in [0.15, 0.2) is 41.8 Å². The quantitative estimate of drug-likeness (QED) is 0.818. The van der Waals surface area contributed by atoms with E-state index in [9.17, 15) is 4.79 Å². The summed E-state index contributed by atoms with van der Waals surface area (Å²) in [6, 6.07) is 13.6. The average Bonchev–Trinajstić information content (AvgIpc) is 3.01. The maximum atomic E-state index is 12.1. The van der Waals surface area contributed by atoms with Gasteiger partial charge in [0.05, 0.1) is 11.6 Å². The van der Waals surface area contributed by atoms with Crippen LogP contribution < -0.4 is 0 Å². The third-order valence-electron chi connectivity index (χ3n) is 3.32. The van der Waals surface area contributed by atoms with E-state index in [1.54, 1.807) is 28.4 Å². The van der Waals surface area contributed by atoms with Crippen molar-refractivity contribution in [2.24, 2.45) is 0 Å². The van der Waals surface area contributed by atoms with E-state index in [2.05, 4.69) is 17.5 Å². The highest BCUT2D eigenvalue weighted by molar-refractivity contribution is 7.09. The minimum Gasteiger partial charge on any atom is -0.341 e. The molecule has 21 heavy (non-hydrogen) atoms. The highest BCUT2D eigenvalue weighted by atomic mass is 32.1. The summed E-state index contributed by atoms with van der Waals surface area (Å²) in [5, 5.41) is 10.8. The number of thiophene rings is 1. The van der Waals surface area contributed by atoms with E-state index in [0.717, 1.165) is 18.4 Å². The van der Waals surface area contributed by atoms with Gasteiger partial charge in [0.25, 0.3) is 0 Å². The average molecular weight is 298 g/mol. The van der Waals surface area contributed by atoms with Crippen LogP contribution in [0.4, 0.5) is 0 Å². The van der Waals surface area contributed by atoms with Crippen LogP contribution in [0.3, 0.4) is 0 Å². The molecule has 1 heterocycles. The molecule has 1 aromatic heterocycles. The standard InChI is InChI=1S/C17H18N2OS/c1-19(13-15-9-7-14(12-18)8-10-15)17(20)6-2-4-16-5-3-11-21-16/h3,5,7-11H,2,4,6,13H2,1H3. The molecule has 0 fully saturated rings. The molecule has 0 unspecified atom stereocenters. The zero-order chi connectivity index (χ0) is 15.1. The van der Waals surface area contributed by atoms with Crippen molar-refractivity contribution in [1.82, 2.24) is 4.90 Å². The van der Waals surface area contributed by atoms with Gasteiger partial charge in [-0.1, -0.05) is 18.2 Å². The molecule has 2 rings (SSSR count). The zero-order valence-electron chi connectivity index (χ0n) is 12.1. The van der Waals surface area contributed by atoms with E-state index >= 15 is 0 Å². The summed E-state index contributed by atoms with van der Waals surface area (Å²) in [6.45, 7) is 0.587. The monoisotopic (exact) mass is 298 g/mol. The summed E-state index contributed by atoms with van der Waals surface area (Å²) in [7, 11) is 1.83. The van der Waals surface area contributed by atoms with Gasteiger partial charge >= 0.3 is 0 Å². The SMILES string of the molecule is CN(Cc1ccc(C#N)cc1)C(=O)CCCc1cccs1. The number of carbonyl (C=O) groups is 1. The van der Waals surface area contributed by atoms with E-state index in [1.165, 1.54) is 4.88 Å². The molecule has 0 atom stereocenters. The Hall–Kier alpha value is -2.12. The Morgan fingerprint density at radius 3 is 2.67 bits per heavy atom. The summed E-state index contributed by atoms with van der Waals surface area (Å²) >= 11 is 1.74. The summed E-state index contributed by atoms with van der Waals surface area (Å²) in [4.78, 5) is 15.2. The normalized spacial score (nSPS) is 10.1. The molecule has 0 saturated heterocycles. The number of amides is 1. The predicted octanol–water partition coefficient (Wildman–Crippen LogP) is 3.60. The van der Waals surface area contributed by atoms with Crippen LogP contribution in [-0.4, -0.2) is 17.9 Å². The third-order valence-corrected chi connectivity index (χ3v) is 4.26. The number of nitrogens with zero attached hydrogens (tertiary/aromatic N) is 2. The van der Waals surface area contributed by atoms with Gasteiger partial charge < -0.3 is 4.90 Å². The number of benzene rings is 1. The third kappa shape index (κ3) is 4.73. The van der Waals surface area contributed by atoms with Gasteiger partial charge in [-0.25, -0.2) is 0 Å². The van der Waals surface area contributed by atoms with E-state index in [-0.39, 0.29) is 5.91 Å². The Morgan fingerprint density at radius 1 is 1.29 bits per heavy atom. The van der Waals surface area contributed by atoms with Gasteiger partial charge in [0.2, 0.25) is 5.91 Å². The van der Waals surface area contributed by atoms with Crippen molar-refractivity contribution in [3.63, 3.8) is 0 Å². The lowest BCUT2D eigenvalue weighted by molar-refractivity contribution is -0.130. The highest BCUT2D eigenvalue weighted by Crippen LogP contribution is 2.13. The molecule has 0 spiro atoms. The Balaban J connectivity index is 1.77. The first kappa shape index (κ1) is 15.3. The van der Waals surface area contributed by atoms with E-state index < -0.39 is 0 Å². The smallest absolute Gasteiger partial charge is 0.222 e. The Labute approximate surface area is 129 Å². The minimum absolute atomic E-state index is 0.163. The molecule has 0 N–H and O–H groups in total. The number of nitriles is 1. The van der Waals surface area contributed by atoms with Crippen LogP contribution >= 0.6 is 11.3 Å². The molecule has 4 heteroatoms. The Morgan fingerprint density at radius 2 is 2.05 bits per heavy atom. The summed E-state index contributed by atoms with van der Waals surface area (Å²) in [6.07, 6.45) is 2.43. The van der Waals surface area contributed by atoms with Crippen LogP contribution in [0.2, 0.25) is 0 Å². The molecular weight excluding hydrogens is 280 g/mol. The number of aryl methyl sites for hydroxylation is 1. The van der Waals surface area contributed by atoms with Crippen molar-refractivity contribution >= 4 is 17.2 Å². The molecule has 3 nitrogen and oxygen atoms in total. The minimum atomic E-state index is 0.163. The maximum absolute atomic E-state index is 12.1. The van der Waals surface area contributed by atoms with Crippen molar-refractivity contribution in [2.75, 3.05) is 7.05 Å². The molecule has 0 aliphatic rings. The van der Waals surface area contributed by atoms with Crippen molar-refractivity contribution < 1.29 is 4.79 Å². The Bertz CT molecular complexity index is 611. The van der Waals surface area contributed by atoms with Gasteiger partial charge in [-0.05, 0) is 42.0 Å². The van der Waals surface area contributed by atoms with Crippen molar-refractivity contribution in [1.29, 1.82) is 5.26 Å². The fourth-order valence-electron chi connectivity index (χ4n) is 2.11. The van der Waals surface area contributed by atoms with Crippen molar-refractivity contribution in [3.05, 3.63) is 57.8 Å². The fraction of sp³-hybridized carbons (Fsp3) is 0.294. The lowest BCUT2D eigenvalue weighted by atomic mass is 10.1. The van der Waals surface area contributed by atoms with Gasteiger partial charge in [0.1, 0.15) is 0 Å². The van der Waals surface area contributed by atoms with Crippen molar-refractivity contribution in [2.45, 2.75) is 25.8 Å². The topological polar surface area (TPSA) is 44.1 Å². The second-order valence-electron chi connectivity index (χ2n) is 4.99. The largest absolute Gasteiger partial charge is 0.341 e. The summed E-state index contributed by atoms with van der Waals surface area (Å²) < 4.78 is 0. The summed E-state index contributed by atoms with van der Waals surface area (Å²) in [5.41, 5.74) is 1.69. The van der Waals surface area contributed by atoms with Crippen molar-refractivity contribution in [3.8, 4) is 6.07 Å². The molecule has 108 valence electrons. The number of carbonyl (C=O) groups excluding carboxylic acids is 1. The molecule has 0 radical (unpaired) electrons. The fourth-order valence-corrected chi connectivity index (χ4v) is 2.86. The molecule has 1 amide bonds. The lowest BCUT2D eigenvalue weighted by Crippen LogP contribution is -2.25. The summed E-state index contributed by atoms with van der Waals surface area (Å²) in [5.74, 6) is 0.163. The van der Waals surface area contributed by atoms with Gasteiger partial charge in [-0.15, -0.1) is 11.3 Å². The number of hydrogen-bond acceptors (Lipinski definition) is 3. The molecule has 1 aromatic carbocycles. The first-order valence-electron chi connectivity index (χ1n) is 6.94. The Kier molecular flexibility index (Phi) is 5.53. The zero-order valence-corrected chi connectivity index (χ0v) is 12.9. The lowest BCUT2D eigenvalue weighted by Gasteiger charge is -2.17. The maximum Gasteiger partial charge on any atom is 0.222 e. The first-order valence-corrected chi connectivity index (χ1v) is 7.82. The second kappa shape index (κ2) is 7.61. The molecule has 0 aliphatic carbocycles. The van der Waals surface area contributed by atoms with Gasteiger partial charge in [-0.2, -0.15) is 5.26 Å². The number of rotatable bonds is 6. The van der Waals surface area contributed by atoms with Gasteiger partial charge in [0, 0.05) is 24.9 Å². The van der Waals surface area contributed by atoms with Crippen LogP contribution in [0.25, 0.3) is 0 Å². The van der Waals surface area contributed by atoms with Gasteiger partial charge in [-0.3, -0.25) is 4.79 Å². The van der Waals surface area contributed by atoms with E-state index in [0.29, 0.717) is 18.5 Å². The molecule has 0 bridgehead atoms. The van der Waals surface area contributed by atoms with Crippen LogP contribution in [0.1, 0.15) is 28.8 Å². The number of hydrogen-bond donors (Lipinski definition) is 0. The first-order chi connectivity index (χ1) is 10.2. The van der Waals surface area contributed by atoms with E-state index in [4.69, 9.17) is 5.26 Å². The molecule has 2 aromatic rings. The second-order valence-corrected chi connectivity index (χ2v) is 6.02. The predicted molar refractivity (Wildman–Crippen MR) is 84.9 cm³/mol. The van der Waals surface area contributed by atoms with Crippen LogP contribution in [0.5, 0.6) is 0 Å². The van der Waals surface area contributed by atoms with E-state index in [1.807, 2.05) is 25.2 Å². The van der Waals surface area contributed by atoms with Crippen LogP contribution in [0, 0.1) is 11.3 Å².